The summed E-state index contributed by atoms with van der Waals surface area (Å²) in [5.41, 5.74) is 1.02. The molecule has 2 rings (SSSR count). The van der Waals surface area contributed by atoms with Crippen LogP contribution >= 0.6 is 11.6 Å². The summed E-state index contributed by atoms with van der Waals surface area (Å²) in [4.78, 5) is 0. The second-order valence-electron chi connectivity index (χ2n) is 5.74. The molecule has 0 bridgehead atoms. The Balaban J connectivity index is 2.00. The van der Waals surface area contributed by atoms with E-state index in [1.165, 1.54) is 12.8 Å². The molecule has 0 saturated heterocycles. The maximum Gasteiger partial charge on any atom is 0.179 e. The molecular formula is C16H24ClNO3. The maximum absolute atomic E-state index is 9.62. The fourth-order valence-corrected chi connectivity index (χ4v) is 3.34. The molecular weight excluding hydrogens is 290 g/mol. The van der Waals surface area contributed by atoms with Crippen molar-refractivity contribution in [2.75, 3.05) is 27.4 Å². The summed E-state index contributed by atoms with van der Waals surface area (Å²) < 4.78 is 10.5. The van der Waals surface area contributed by atoms with Crippen LogP contribution in [0.5, 0.6) is 11.5 Å². The zero-order chi connectivity index (χ0) is 15.3. The van der Waals surface area contributed by atoms with E-state index in [4.69, 9.17) is 21.1 Å². The van der Waals surface area contributed by atoms with Gasteiger partial charge in [-0.25, -0.2) is 0 Å². The molecule has 1 fully saturated rings. The van der Waals surface area contributed by atoms with Crippen LogP contribution < -0.4 is 14.8 Å². The van der Waals surface area contributed by atoms with Gasteiger partial charge in [-0.3, -0.25) is 0 Å². The Labute approximate surface area is 131 Å². The second kappa shape index (κ2) is 7.34. The number of rotatable bonds is 7. The van der Waals surface area contributed by atoms with Crippen LogP contribution in [0.4, 0.5) is 0 Å². The molecule has 21 heavy (non-hydrogen) atoms. The van der Waals surface area contributed by atoms with Gasteiger partial charge < -0.3 is 19.9 Å². The highest BCUT2D eigenvalue weighted by Crippen LogP contribution is 2.38. The topological polar surface area (TPSA) is 50.7 Å². The maximum atomic E-state index is 9.62. The quantitative estimate of drug-likeness (QED) is 0.812. The number of hydrogen-bond donors (Lipinski definition) is 2. The highest BCUT2D eigenvalue weighted by molar-refractivity contribution is 6.33. The number of aliphatic hydroxyl groups excluding tert-OH is 1. The van der Waals surface area contributed by atoms with E-state index in [1.807, 2.05) is 12.1 Å². The highest BCUT2D eigenvalue weighted by atomic mass is 35.5. The molecule has 1 saturated carbocycles. The molecule has 0 atom stereocenters. The number of nitrogens with one attached hydrogen (secondary N) is 1. The summed E-state index contributed by atoms with van der Waals surface area (Å²) in [6, 6.07) is 3.80. The van der Waals surface area contributed by atoms with E-state index in [2.05, 4.69) is 5.32 Å². The number of methoxy groups -OCH3 is 2. The van der Waals surface area contributed by atoms with Gasteiger partial charge in [0.05, 0.1) is 19.2 Å². The fourth-order valence-electron chi connectivity index (χ4n) is 3.04. The van der Waals surface area contributed by atoms with Crippen LogP contribution in [0, 0.1) is 5.41 Å². The summed E-state index contributed by atoms with van der Waals surface area (Å²) in [6.07, 6.45) is 4.60. The van der Waals surface area contributed by atoms with Gasteiger partial charge >= 0.3 is 0 Å². The number of ether oxygens (including phenoxy) is 2. The van der Waals surface area contributed by atoms with Gasteiger partial charge in [-0.05, 0) is 24.5 Å². The van der Waals surface area contributed by atoms with E-state index < -0.39 is 0 Å². The third kappa shape index (κ3) is 3.62. The first-order chi connectivity index (χ1) is 10.2. The molecule has 4 nitrogen and oxygen atoms in total. The van der Waals surface area contributed by atoms with E-state index in [9.17, 15) is 5.11 Å². The Bertz CT molecular complexity index is 473. The van der Waals surface area contributed by atoms with Crippen molar-refractivity contribution in [2.24, 2.45) is 5.41 Å². The molecule has 118 valence electrons. The van der Waals surface area contributed by atoms with Crippen LogP contribution in [0.15, 0.2) is 12.1 Å². The Kier molecular flexibility index (Phi) is 5.73. The number of benzene rings is 1. The monoisotopic (exact) mass is 313 g/mol. The summed E-state index contributed by atoms with van der Waals surface area (Å²) in [6.45, 7) is 1.72. The average molecular weight is 314 g/mol. The summed E-state index contributed by atoms with van der Waals surface area (Å²) in [7, 11) is 3.18. The number of hydrogen-bond acceptors (Lipinski definition) is 4. The molecule has 2 N–H and O–H groups in total. The predicted molar refractivity (Wildman–Crippen MR) is 84.2 cm³/mol. The SMILES string of the molecule is COc1ccc(CNCC2(CO)CCCC2)c(Cl)c1OC. The van der Waals surface area contributed by atoms with Crippen LogP contribution in [0.25, 0.3) is 0 Å². The molecule has 0 radical (unpaired) electrons. The number of aliphatic hydroxyl groups is 1. The first-order valence-corrected chi connectivity index (χ1v) is 7.74. The van der Waals surface area contributed by atoms with Crippen molar-refractivity contribution in [1.29, 1.82) is 0 Å². The third-order valence-corrected chi connectivity index (χ3v) is 4.79. The molecule has 0 unspecified atom stereocenters. The van der Waals surface area contributed by atoms with Gasteiger partial charge in [0.1, 0.15) is 0 Å². The van der Waals surface area contributed by atoms with E-state index in [0.29, 0.717) is 23.1 Å². The predicted octanol–water partition coefficient (Wildman–Crippen LogP) is 3.00. The minimum absolute atomic E-state index is 0.0447. The van der Waals surface area contributed by atoms with Gasteiger partial charge in [0.15, 0.2) is 11.5 Å². The zero-order valence-corrected chi connectivity index (χ0v) is 13.5. The minimum atomic E-state index is 0.0447. The molecule has 0 aliphatic heterocycles. The summed E-state index contributed by atoms with van der Waals surface area (Å²) in [5.74, 6) is 1.20. The Morgan fingerprint density at radius 1 is 1.24 bits per heavy atom. The number of halogens is 1. The first-order valence-electron chi connectivity index (χ1n) is 7.37. The fraction of sp³-hybridized carbons (Fsp3) is 0.625. The molecule has 0 spiro atoms. The molecule has 0 amide bonds. The second-order valence-corrected chi connectivity index (χ2v) is 6.12. The Morgan fingerprint density at radius 3 is 2.52 bits per heavy atom. The normalized spacial score (nSPS) is 17.0. The summed E-state index contributed by atoms with van der Waals surface area (Å²) in [5, 5.41) is 13.6. The van der Waals surface area contributed by atoms with Crippen molar-refractivity contribution >= 4 is 11.6 Å². The van der Waals surface area contributed by atoms with Gasteiger partial charge in [-0.15, -0.1) is 0 Å². The molecule has 5 heteroatoms. The standard InChI is InChI=1S/C16H24ClNO3/c1-20-13-6-5-12(14(17)15(13)21-2)9-18-10-16(11-19)7-3-4-8-16/h5-6,18-19H,3-4,7-11H2,1-2H3. The van der Waals surface area contributed by atoms with Gasteiger partial charge in [-0.2, -0.15) is 0 Å². The van der Waals surface area contributed by atoms with Crippen molar-refractivity contribution in [2.45, 2.75) is 32.2 Å². The van der Waals surface area contributed by atoms with Crippen LogP contribution in [-0.2, 0) is 6.54 Å². The molecule has 1 aliphatic rings. The Morgan fingerprint density at radius 2 is 1.95 bits per heavy atom. The minimum Gasteiger partial charge on any atom is -0.493 e. The Hall–Kier alpha value is -0.970. The molecule has 1 aromatic carbocycles. The molecule has 0 aromatic heterocycles. The van der Waals surface area contributed by atoms with Crippen molar-refractivity contribution < 1.29 is 14.6 Å². The van der Waals surface area contributed by atoms with Gasteiger partial charge in [0.25, 0.3) is 0 Å². The van der Waals surface area contributed by atoms with Crippen LogP contribution in [0.2, 0.25) is 5.02 Å². The molecule has 1 aromatic rings. The van der Waals surface area contributed by atoms with Crippen molar-refractivity contribution in [3.63, 3.8) is 0 Å². The van der Waals surface area contributed by atoms with Crippen molar-refractivity contribution in [3.8, 4) is 11.5 Å². The van der Waals surface area contributed by atoms with Gasteiger partial charge in [0, 0.05) is 25.1 Å². The zero-order valence-electron chi connectivity index (χ0n) is 12.7. The largest absolute Gasteiger partial charge is 0.493 e. The lowest BCUT2D eigenvalue weighted by Gasteiger charge is -2.27. The first kappa shape index (κ1) is 16.4. The van der Waals surface area contributed by atoms with E-state index >= 15 is 0 Å². The van der Waals surface area contributed by atoms with E-state index in [-0.39, 0.29) is 12.0 Å². The highest BCUT2D eigenvalue weighted by Gasteiger charge is 2.32. The van der Waals surface area contributed by atoms with Crippen LogP contribution in [0.1, 0.15) is 31.2 Å². The average Bonchev–Trinajstić information content (AvgIpc) is 2.98. The van der Waals surface area contributed by atoms with Gasteiger partial charge in [-0.1, -0.05) is 30.5 Å². The van der Waals surface area contributed by atoms with E-state index in [0.717, 1.165) is 24.9 Å². The van der Waals surface area contributed by atoms with Gasteiger partial charge in [0.2, 0.25) is 0 Å². The molecule has 1 aliphatic carbocycles. The van der Waals surface area contributed by atoms with Crippen LogP contribution in [-0.4, -0.2) is 32.5 Å². The lowest BCUT2D eigenvalue weighted by molar-refractivity contribution is 0.128. The summed E-state index contributed by atoms with van der Waals surface area (Å²) >= 11 is 6.36. The van der Waals surface area contributed by atoms with Crippen molar-refractivity contribution in [1.82, 2.24) is 5.32 Å². The third-order valence-electron chi connectivity index (χ3n) is 4.38. The molecule has 0 heterocycles. The van der Waals surface area contributed by atoms with E-state index in [1.54, 1.807) is 14.2 Å². The smallest absolute Gasteiger partial charge is 0.179 e. The van der Waals surface area contributed by atoms with Crippen molar-refractivity contribution in [3.05, 3.63) is 22.7 Å². The lowest BCUT2D eigenvalue weighted by atomic mass is 9.87. The lowest BCUT2D eigenvalue weighted by Crippen LogP contribution is -2.34. The van der Waals surface area contributed by atoms with Crippen LogP contribution in [0.3, 0.4) is 0 Å².